The molecule has 0 aliphatic carbocycles. The molecule has 0 spiro atoms. The first kappa shape index (κ1) is 40.4. The lowest BCUT2D eigenvalue weighted by Gasteiger charge is -2.26. The molecule has 2 aromatic heterocycles. The number of fused-ring (bicyclic) bond motifs is 1. The molecule has 2 heterocycles. The lowest BCUT2D eigenvalue weighted by atomic mass is 9.79. The highest BCUT2D eigenvalue weighted by atomic mass is 35.5. The predicted molar refractivity (Wildman–Crippen MR) is 234 cm³/mol. The summed E-state index contributed by atoms with van der Waals surface area (Å²) in [7, 11) is 0. The summed E-state index contributed by atoms with van der Waals surface area (Å²) in [6, 6.07) is 57.2. The monoisotopic (exact) mass is 782 g/mol. The molecule has 4 heteroatoms. The highest BCUT2D eigenvalue weighted by Gasteiger charge is 2.32. The number of benzene rings is 6. The smallest absolute Gasteiger partial charge is 0.254 e. The first-order valence-electron chi connectivity index (χ1n) is 20.4. The third kappa shape index (κ3) is 7.89. The van der Waals surface area contributed by atoms with Gasteiger partial charge in [0.15, 0.2) is 5.52 Å². The van der Waals surface area contributed by atoms with Crippen LogP contribution in [0.4, 0.5) is 4.39 Å². The van der Waals surface area contributed by atoms with Gasteiger partial charge in [0.25, 0.3) is 6.33 Å². The van der Waals surface area contributed by atoms with E-state index in [0.717, 1.165) is 50.3 Å². The van der Waals surface area contributed by atoms with Gasteiger partial charge in [-0.15, -0.1) is 0 Å². The molecule has 0 fully saturated rings. The van der Waals surface area contributed by atoms with Gasteiger partial charge in [0.05, 0.1) is 0 Å². The summed E-state index contributed by atoms with van der Waals surface area (Å²) < 4.78 is 21.3. The van der Waals surface area contributed by atoms with Crippen LogP contribution in [0.2, 0.25) is 0 Å². The summed E-state index contributed by atoms with van der Waals surface area (Å²) in [4.78, 5) is 0. The Bertz CT molecular complexity index is 2400. The number of rotatable bonds is 11. The minimum atomic E-state index is -0.254. The van der Waals surface area contributed by atoms with Crippen LogP contribution < -0.4 is 17.0 Å². The van der Waals surface area contributed by atoms with Crippen molar-refractivity contribution in [2.24, 2.45) is 0 Å². The van der Waals surface area contributed by atoms with E-state index in [1.807, 2.05) is 24.3 Å². The van der Waals surface area contributed by atoms with Crippen molar-refractivity contribution in [3.63, 3.8) is 0 Å². The minimum absolute atomic E-state index is 0. The standard InChI is InChI=1S/C54H52FN2.ClH/c1-36(2)43-30-46(37(3)4)53(47(31-43)38(5)6)50-29-19-28-45-34-56(35-57(45)50)54-48(51(39-20-11-7-12-21-39)40-22-13-8-14-23-40)32-44(55)33-49(54)52(41-24-15-9-16-25-41)42-26-17-10-18-27-42;/h7-38,51-52H,1-6H3;1H/q+1;/p-1. The Morgan fingerprint density at radius 2 is 0.862 bits per heavy atom. The zero-order valence-electron chi connectivity index (χ0n) is 34.3. The van der Waals surface area contributed by atoms with E-state index >= 15 is 4.39 Å². The second-order valence-corrected chi connectivity index (χ2v) is 16.3. The minimum Gasteiger partial charge on any atom is -1.00 e. The molecule has 58 heavy (non-hydrogen) atoms. The summed E-state index contributed by atoms with van der Waals surface area (Å²) in [5, 5.41) is 0. The Balaban J connectivity index is 0.00000512. The molecule has 0 aliphatic heterocycles. The lowest BCUT2D eigenvalue weighted by molar-refractivity contribution is -0.595. The number of imidazole rings is 1. The van der Waals surface area contributed by atoms with E-state index in [2.05, 4.69) is 190 Å². The highest BCUT2D eigenvalue weighted by Crippen LogP contribution is 2.43. The molecule has 0 N–H and O–H groups in total. The van der Waals surface area contributed by atoms with Crippen molar-refractivity contribution in [3.8, 4) is 16.9 Å². The topological polar surface area (TPSA) is 8.29 Å². The third-order valence-corrected chi connectivity index (χ3v) is 11.5. The molecule has 0 saturated carbocycles. The number of hydrogen-bond acceptors (Lipinski definition) is 0. The number of hydrogen-bond donors (Lipinski definition) is 0. The summed E-state index contributed by atoms with van der Waals surface area (Å²) in [6.45, 7) is 13.8. The van der Waals surface area contributed by atoms with Gasteiger partial charge >= 0.3 is 0 Å². The Morgan fingerprint density at radius 1 is 0.448 bits per heavy atom. The van der Waals surface area contributed by atoms with E-state index in [9.17, 15) is 0 Å². The molecule has 0 aliphatic rings. The average molecular weight is 783 g/mol. The van der Waals surface area contributed by atoms with Crippen LogP contribution in [-0.2, 0) is 0 Å². The van der Waals surface area contributed by atoms with Crippen LogP contribution in [0.1, 0.15) is 121 Å². The van der Waals surface area contributed by atoms with Gasteiger partial charge in [0, 0.05) is 28.5 Å². The van der Waals surface area contributed by atoms with Gasteiger partial charge in [-0.25, -0.2) is 8.96 Å². The van der Waals surface area contributed by atoms with Crippen molar-refractivity contribution in [1.82, 2.24) is 4.40 Å². The van der Waals surface area contributed by atoms with Crippen LogP contribution >= 0.6 is 0 Å². The molecular formula is C54H52ClFN2. The van der Waals surface area contributed by atoms with Crippen LogP contribution in [0.5, 0.6) is 0 Å². The summed E-state index contributed by atoms with van der Waals surface area (Å²) in [5.41, 5.74) is 14.9. The molecule has 0 unspecified atom stereocenters. The Morgan fingerprint density at radius 3 is 1.24 bits per heavy atom. The third-order valence-electron chi connectivity index (χ3n) is 11.5. The van der Waals surface area contributed by atoms with Crippen molar-refractivity contribution >= 4 is 5.52 Å². The molecular weight excluding hydrogens is 731 g/mol. The van der Waals surface area contributed by atoms with Crippen molar-refractivity contribution in [1.29, 1.82) is 0 Å². The summed E-state index contributed by atoms with van der Waals surface area (Å²) in [5.74, 6) is 0.374. The molecule has 0 atom stereocenters. The molecule has 292 valence electrons. The first-order valence-corrected chi connectivity index (χ1v) is 20.4. The van der Waals surface area contributed by atoms with E-state index in [0.29, 0.717) is 17.8 Å². The SMILES string of the molecule is CC(C)c1cc(C(C)C)c(-c2cccc3c[n+](-c4c(C(c5ccccc5)c5ccccc5)cc(F)cc4C(c4ccccc4)c4ccccc4)cn23)c(C(C)C)c1.[Cl-]. The zero-order valence-corrected chi connectivity index (χ0v) is 35.0. The molecule has 0 bridgehead atoms. The van der Waals surface area contributed by atoms with Gasteiger partial charge in [-0.1, -0.05) is 181 Å². The molecule has 0 amide bonds. The molecule has 8 aromatic rings. The number of pyridine rings is 1. The van der Waals surface area contributed by atoms with Gasteiger partial charge in [-0.2, -0.15) is 4.40 Å². The van der Waals surface area contributed by atoms with Crippen LogP contribution in [-0.4, -0.2) is 4.40 Å². The van der Waals surface area contributed by atoms with Crippen LogP contribution in [0.25, 0.3) is 22.5 Å². The Kier molecular flexibility index (Phi) is 12.1. The highest BCUT2D eigenvalue weighted by molar-refractivity contribution is 5.73. The number of halogens is 2. The maximum atomic E-state index is 16.7. The van der Waals surface area contributed by atoms with Crippen molar-refractivity contribution in [3.05, 3.63) is 232 Å². The first-order chi connectivity index (χ1) is 27.7. The lowest BCUT2D eigenvalue weighted by Crippen LogP contribution is -3.00. The number of aromatic nitrogens is 2. The quantitative estimate of drug-likeness (QED) is 0.0912. The summed E-state index contributed by atoms with van der Waals surface area (Å²) in [6.07, 6.45) is 4.46. The fourth-order valence-electron chi connectivity index (χ4n) is 8.72. The Labute approximate surface area is 350 Å². The van der Waals surface area contributed by atoms with Gasteiger partial charge in [0.1, 0.15) is 23.4 Å². The van der Waals surface area contributed by atoms with Gasteiger partial charge in [-0.05, 0) is 81.0 Å². The van der Waals surface area contributed by atoms with Crippen molar-refractivity contribution in [2.45, 2.75) is 71.1 Å². The van der Waals surface area contributed by atoms with Gasteiger partial charge in [0.2, 0.25) is 0 Å². The van der Waals surface area contributed by atoms with Crippen LogP contribution in [0.15, 0.2) is 176 Å². The maximum Gasteiger partial charge on any atom is 0.254 e. The Hall–Kier alpha value is -5.77. The maximum absolute atomic E-state index is 16.7. The molecule has 2 nitrogen and oxygen atoms in total. The van der Waals surface area contributed by atoms with Gasteiger partial charge < -0.3 is 12.4 Å². The van der Waals surface area contributed by atoms with E-state index in [-0.39, 0.29) is 30.1 Å². The molecule has 8 rings (SSSR count). The average Bonchev–Trinajstić information content (AvgIpc) is 3.66. The van der Waals surface area contributed by atoms with E-state index in [4.69, 9.17) is 0 Å². The van der Waals surface area contributed by atoms with Crippen LogP contribution in [0.3, 0.4) is 0 Å². The van der Waals surface area contributed by atoms with Crippen molar-refractivity contribution in [2.75, 3.05) is 0 Å². The largest absolute Gasteiger partial charge is 1.00 e. The fourth-order valence-corrected chi connectivity index (χ4v) is 8.72. The second kappa shape index (κ2) is 17.4. The van der Waals surface area contributed by atoms with E-state index < -0.39 is 0 Å². The normalized spacial score (nSPS) is 11.7. The number of nitrogens with zero attached hydrogens (tertiary/aromatic N) is 2. The van der Waals surface area contributed by atoms with E-state index in [1.54, 1.807) is 12.1 Å². The molecule has 0 saturated heterocycles. The van der Waals surface area contributed by atoms with Crippen molar-refractivity contribution < 1.29 is 21.4 Å². The van der Waals surface area contributed by atoms with E-state index in [1.165, 1.54) is 22.3 Å². The van der Waals surface area contributed by atoms with Crippen LogP contribution in [0, 0.1) is 5.82 Å². The fraction of sp³-hybridized carbons (Fsp3) is 0.204. The zero-order chi connectivity index (χ0) is 39.6. The second-order valence-electron chi connectivity index (χ2n) is 16.3. The molecule has 6 aromatic carbocycles. The molecule has 0 radical (unpaired) electrons. The predicted octanol–water partition coefficient (Wildman–Crippen LogP) is 10.8. The summed E-state index contributed by atoms with van der Waals surface area (Å²) >= 11 is 0. The van der Waals surface area contributed by atoms with Gasteiger partial charge in [-0.3, -0.25) is 0 Å².